The highest BCUT2D eigenvalue weighted by molar-refractivity contribution is 5.91. The van der Waals surface area contributed by atoms with Gasteiger partial charge in [0, 0.05) is 6.07 Å². The molecule has 0 bridgehead atoms. The number of hydrogen-bond acceptors (Lipinski definition) is 5. The first-order valence-electron chi connectivity index (χ1n) is 7.01. The molecule has 0 radical (unpaired) electrons. The van der Waals surface area contributed by atoms with Gasteiger partial charge in [-0.05, 0) is 42.2 Å². The van der Waals surface area contributed by atoms with Crippen LogP contribution in [-0.4, -0.2) is 23.2 Å². The lowest BCUT2D eigenvalue weighted by Crippen LogP contribution is -2.06. The van der Waals surface area contributed by atoms with E-state index in [4.69, 9.17) is 9.15 Å². The third-order valence-corrected chi connectivity index (χ3v) is 3.58. The number of aryl methyl sites for hydroxylation is 2. The number of benzene rings is 1. The maximum atomic E-state index is 13.4. The number of pyridine rings is 1. The number of carbonyl (C=O) groups is 1. The Balaban J connectivity index is 1.90. The molecule has 2 aromatic heterocycles. The van der Waals surface area contributed by atoms with Crippen LogP contribution in [0, 0.1) is 5.82 Å². The summed E-state index contributed by atoms with van der Waals surface area (Å²) in [6, 6.07) is 7.55. The van der Waals surface area contributed by atoms with Crippen LogP contribution in [0.15, 0.2) is 41.0 Å². The Morgan fingerprint density at radius 1 is 1.30 bits per heavy atom. The molecule has 0 atom stereocenters. The molecule has 0 aliphatic carbocycles. The first-order valence-corrected chi connectivity index (χ1v) is 7.01. The maximum Gasteiger partial charge on any atom is 0.356 e. The number of esters is 1. The van der Waals surface area contributed by atoms with Crippen LogP contribution in [0.1, 0.15) is 21.6 Å². The number of nitrogens with zero attached hydrogens (tertiary/aromatic N) is 1. The van der Waals surface area contributed by atoms with Gasteiger partial charge in [0.1, 0.15) is 11.2 Å². The molecule has 0 spiro atoms. The number of furan rings is 1. The van der Waals surface area contributed by atoms with Gasteiger partial charge in [0.2, 0.25) is 0 Å². The van der Waals surface area contributed by atoms with Crippen LogP contribution in [0.3, 0.4) is 0 Å². The van der Waals surface area contributed by atoms with Crippen molar-refractivity contribution < 1.29 is 23.4 Å². The lowest BCUT2D eigenvalue weighted by atomic mass is 10.0. The van der Waals surface area contributed by atoms with Crippen LogP contribution in [0.5, 0.6) is 5.75 Å². The van der Waals surface area contributed by atoms with Crippen molar-refractivity contribution in [2.75, 3.05) is 7.11 Å². The van der Waals surface area contributed by atoms with Gasteiger partial charge in [0.05, 0.1) is 13.4 Å². The van der Waals surface area contributed by atoms with E-state index < -0.39 is 11.8 Å². The van der Waals surface area contributed by atoms with Gasteiger partial charge >= 0.3 is 5.97 Å². The molecular formula is C17H14FNO4. The van der Waals surface area contributed by atoms with Crippen molar-refractivity contribution in [1.29, 1.82) is 0 Å². The molecule has 0 amide bonds. The predicted octanol–water partition coefficient (Wildman–Crippen LogP) is 3.24. The SMILES string of the molecule is COC(=O)c1cc(CCc2ccc(O)c(F)c2)c2occc2n1. The van der Waals surface area contributed by atoms with Gasteiger partial charge in [0.15, 0.2) is 17.1 Å². The normalized spacial score (nSPS) is 10.9. The summed E-state index contributed by atoms with van der Waals surface area (Å²) in [5.74, 6) is -1.56. The number of rotatable bonds is 4. The molecular weight excluding hydrogens is 301 g/mol. The first-order chi connectivity index (χ1) is 11.1. The molecule has 0 aliphatic rings. The molecule has 3 rings (SSSR count). The third-order valence-electron chi connectivity index (χ3n) is 3.58. The van der Waals surface area contributed by atoms with Gasteiger partial charge < -0.3 is 14.3 Å². The summed E-state index contributed by atoms with van der Waals surface area (Å²) in [6.45, 7) is 0. The molecule has 118 valence electrons. The number of phenolic OH excluding ortho intramolecular Hbond substituents is 1. The number of phenols is 1. The first kappa shape index (κ1) is 15.0. The van der Waals surface area contributed by atoms with E-state index in [-0.39, 0.29) is 11.4 Å². The molecule has 1 aromatic carbocycles. The highest BCUT2D eigenvalue weighted by Gasteiger charge is 2.14. The van der Waals surface area contributed by atoms with Crippen molar-refractivity contribution in [2.45, 2.75) is 12.8 Å². The summed E-state index contributed by atoms with van der Waals surface area (Å²) < 4.78 is 23.5. The number of methoxy groups -OCH3 is 1. The van der Waals surface area contributed by atoms with Crippen molar-refractivity contribution in [1.82, 2.24) is 4.98 Å². The van der Waals surface area contributed by atoms with Gasteiger partial charge in [-0.3, -0.25) is 0 Å². The highest BCUT2D eigenvalue weighted by Crippen LogP contribution is 2.23. The predicted molar refractivity (Wildman–Crippen MR) is 80.8 cm³/mol. The minimum absolute atomic E-state index is 0.202. The Morgan fingerprint density at radius 3 is 2.87 bits per heavy atom. The van der Waals surface area contributed by atoms with E-state index in [0.717, 1.165) is 11.1 Å². The second kappa shape index (κ2) is 6.08. The van der Waals surface area contributed by atoms with Crippen molar-refractivity contribution >= 4 is 17.1 Å². The van der Waals surface area contributed by atoms with Crippen molar-refractivity contribution in [3.05, 3.63) is 59.2 Å². The van der Waals surface area contributed by atoms with Gasteiger partial charge in [-0.2, -0.15) is 0 Å². The van der Waals surface area contributed by atoms with E-state index in [1.165, 1.54) is 25.5 Å². The molecule has 0 saturated carbocycles. The molecule has 23 heavy (non-hydrogen) atoms. The van der Waals surface area contributed by atoms with Crippen molar-refractivity contribution in [3.63, 3.8) is 0 Å². The molecule has 0 aliphatic heterocycles. The standard InChI is InChI=1S/C17H14FNO4/c1-22-17(21)14-9-11(16-13(19-14)6-7-23-16)4-2-10-3-5-15(20)12(18)8-10/h3,5-9,20H,2,4H2,1H3. The summed E-state index contributed by atoms with van der Waals surface area (Å²) in [7, 11) is 1.29. The smallest absolute Gasteiger partial charge is 0.356 e. The number of hydrogen-bond donors (Lipinski definition) is 1. The Morgan fingerprint density at radius 2 is 2.13 bits per heavy atom. The minimum atomic E-state index is -0.657. The number of halogens is 1. The molecule has 0 fully saturated rings. The maximum absolute atomic E-state index is 13.4. The van der Waals surface area contributed by atoms with E-state index in [9.17, 15) is 14.3 Å². The van der Waals surface area contributed by atoms with E-state index in [0.29, 0.717) is 23.9 Å². The summed E-state index contributed by atoms with van der Waals surface area (Å²) in [5.41, 5.74) is 2.88. The quantitative estimate of drug-likeness (QED) is 0.748. The monoisotopic (exact) mass is 315 g/mol. The molecule has 5 nitrogen and oxygen atoms in total. The van der Waals surface area contributed by atoms with Crippen molar-refractivity contribution in [2.24, 2.45) is 0 Å². The summed E-state index contributed by atoms with van der Waals surface area (Å²) in [5, 5.41) is 9.22. The van der Waals surface area contributed by atoms with Crippen LogP contribution < -0.4 is 0 Å². The van der Waals surface area contributed by atoms with E-state index in [2.05, 4.69) is 4.98 Å². The highest BCUT2D eigenvalue weighted by atomic mass is 19.1. The Hall–Kier alpha value is -2.89. The van der Waals surface area contributed by atoms with E-state index in [1.807, 2.05) is 0 Å². The zero-order chi connectivity index (χ0) is 16.4. The zero-order valence-corrected chi connectivity index (χ0v) is 12.4. The molecule has 6 heteroatoms. The Bertz CT molecular complexity index is 872. The molecule has 2 heterocycles. The van der Waals surface area contributed by atoms with Gasteiger partial charge in [0.25, 0.3) is 0 Å². The lowest BCUT2D eigenvalue weighted by Gasteiger charge is -2.06. The number of carbonyl (C=O) groups excluding carboxylic acids is 1. The molecule has 3 aromatic rings. The molecule has 0 unspecified atom stereocenters. The molecule has 1 N–H and O–H groups in total. The lowest BCUT2D eigenvalue weighted by molar-refractivity contribution is 0.0594. The van der Waals surface area contributed by atoms with Gasteiger partial charge in [-0.15, -0.1) is 0 Å². The Labute approximate surface area is 131 Å². The molecule has 0 saturated heterocycles. The van der Waals surface area contributed by atoms with Gasteiger partial charge in [-0.25, -0.2) is 14.2 Å². The van der Waals surface area contributed by atoms with E-state index >= 15 is 0 Å². The average Bonchev–Trinajstić information content (AvgIpc) is 3.03. The van der Waals surface area contributed by atoms with Crippen molar-refractivity contribution in [3.8, 4) is 5.75 Å². The fraction of sp³-hybridized carbons (Fsp3) is 0.176. The fourth-order valence-corrected chi connectivity index (χ4v) is 2.40. The van der Waals surface area contributed by atoms with Crippen LogP contribution in [0.25, 0.3) is 11.1 Å². The average molecular weight is 315 g/mol. The van der Waals surface area contributed by atoms with Crippen LogP contribution >= 0.6 is 0 Å². The summed E-state index contributed by atoms with van der Waals surface area (Å²) in [6.07, 6.45) is 2.56. The third kappa shape index (κ3) is 3.01. The number of aromatic hydroxyl groups is 1. The number of fused-ring (bicyclic) bond motifs is 1. The second-order valence-electron chi connectivity index (χ2n) is 5.08. The second-order valence-corrected chi connectivity index (χ2v) is 5.08. The van der Waals surface area contributed by atoms with E-state index in [1.54, 1.807) is 18.2 Å². The summed E-state index contributed by atoms with van der Waals surface area (Å²) in [4.78, 5) is 15.9. The van der Waals surface area contributed by atoms with Crippen LogP contribution in [0.4, 0.5) is 4.39 Å². The number of ether oxygens (including phenoxy) is 1. The summed E-state index contributed by atoms with van der Waals surface area (Å²) >= 11 is 0. The minimum Gasteiger partial charge on any atom is -0.505 e. The largest absolute Gasteiger partial charge is 0.505 e. The Kier molecular flexibility index (Phi) is 3.97. The zero-order valence-electron chi connectivity index (χ0n) is 12.4. The van der Waals surface area contributed by atoms with Gasteiger partial charge in [-0.1, -0.05) is 6.07 Å². The topological polar surface area (TPSA) is 72.6 Å². The fourth-order valence-electron chi connectivity index (χ4n) is 2.40. The number of aromatic nitrogens is 1. The van der Waals surface area contributed by atoms with Crippen LogP contribution in [-0.2, 0) is 17.6 Å². The van der Waals surface area contributed by atoms with Crippen LogP contribution in [0.2, 0.25) is 0 Å².